The van der Waals surface area contributed by atoms with Crippen molar-refractivity contribution < 1.29 is 0 Å². The number of hydrogen-bond acceptors (Lipinski definition) is 4. The third-order valence-corrected chi connectivity index (χ3v) is 3.71. The lowest BCUT2D eigenvalue weighted by atomic mass is 10.1. The fraction of sp³-hybridized carbons (Fsp3) is 0.417. The van der Waals surface area contributed by atoms with Crippen molar-refractivity contribution >= 4 is 18.0 Å². The standard InChI is InChI=1S/C12H17N3S/c13-14-9-11-3-1-2-4-12(11)10-15-5-7-16-8-6-15/h1-4,9H,5-8,10,13H2. The lowest BCUT2D eigenvalue weighted by Crippen LogP contribution is -2.32. The summed E-state index contributed by atoms with van der Waals surface area (Å²) in [6, 6.07) is 8.30. The monoisotopic (exact) mass is 235 g/mol. The third kappa shape index (κ3) is 3.00. The molecule has 16 heavy (non-hydrogen) atoms. The summed E-state index contributed by atoms with van der Waals surface area (Å²) >= 11 is 2.04. The molecule has 1 saturated heterocycles. The molecule has 1 aliphatic heterocycles. The molecule has 0 spiro atoms. The van der Waals surface area contributed by atoms with E-state index in [4.69, 9.17) is 5.84 Å². The van der Waals surface area contributed by atoms with E-state index in [0.717, 1.165) is 12.1 Å². The molecule has 1 fully saturated rings. The molecule has 1 aliphatic rings. The highest BCUT2D eigenvalue weighted by molar-refractivity contribution is 7.99. The van der Waals surface area contributed by atoms with Gasteiger partial charge in [-0.1, -0.05) is 24.3 Å². The first-order chi connectivity index (χ1) is 7.90. The van der Waals surface area contributed by atoms with Gasteiger partial charge in [0.25, 0.3) is 0 Å². The molecule has 0 saturated carbocycles. The molecular formula is C12H17N3S. The predicted octanol–water partition coefficient (Wildman–Crippen LogP) is 1.53. The summed E-state index contributed by atoms with van der Waals surface area (Å²) in [5.41, 5.74) is 2.44. The van der Waals surface area contributed by atoms with Gasteiger partial charge in [0.05, 0.1) is 6.21 Å². The van der Waals surface area contributed by atoms with E-state index < -0.39 is 0 Å². The zero-order valence-electron chi connectivity index (χ0n) is 9.30. The molecule has 0 radical (unpaired) electrons. The Morgan fingerprint density at radius 1 is 1.31 bits per heavy atom. The average Bonchev–Trinajstić information content (AvgIpc) is 2.33. The Hall–Kier alpha value is -1.00. The van der Waals surface area contributed by atoms with E-state index in [1.54, 1.807) is 6.21 Å². The number of nitrogens with two attached hydrogens (primary N) is 1. The van der Waals surface area contributed by atoms with Gasteiger partial charge in [0.2, 0.25) is 0 Å². The van der Waals surface area contributed by atoms with Crippen LogP contribution in [0.25, 0.3) is 0 Å². The summed E-state index contributed by atoms with van der Waals surface area (Å²) in [4.78, 5) is 2.49. The highest BCUT2D eigenvalue weighted by Crippen LogP contribution is 2.14. The molecule has 2 rings (SSSR count). The number of benzene rings is 1. The molecule has 4 heteroatoms. The SMILES string of the molecule is NN=Cc1ccccc1CN1CCSCC1. The maximum Gasteiger partial charge on any atom is 0.0541 e. The second-order valence-electron chi connectivity index (χ2n) is 3.87. The Labute approximate surface area is 101 Å². The number of rotatable bonds is 3. The van der Waals surface area contributed by atoms with Crippen molar-refractivity contribution in [3.05, 3.63) is 35.4 Å². The van der Waals surface area contributed by atoms with Crippen molar-refractivity contribution in [3.63, 3.8) is 0 Å². The molecule has 0 aromatic heterocycles. The quantitative estimate of drug-likeness (QED) is 0.491. The van der Waals surface area contributed by atoms with Gasteiger partial charge in [0, 0.05) is 31.1 Å². The van der Waals surface area contributed by atoms with Crippen LogP contribution in [0.4, 0.5) is 0 Å². The molecule has 0 aliphatic carbocycles. The normalized spacial score (nSPS) is 18.0. The van der Waals surface area contributed by atoms with Gasteiger partial charge in [0.1, 0.15) is 0 Å². The lowest BCUT2D eigenvalue weighted by molar-refractivity contribution is 0.294. The molecule has 1 heterocycles. The fourth-order valence-electron chi connectivity index (χ4n) is 1.88. The topological polar surface area (TPSA) is 41.6 Å². The van der Waals surface area contributed by atoms with Gasteiger partial charge in [-0.25, -0.2) is 0 Å². The summed E-state index contributed by atoms with van der Waals surface area (Å²) in [6.07, 6.45) is 1.73. The minimum absolute atomic E-state index is 1.00. The average molecular weight is 235 g/mol. The third-order valence-electron chi connectivity index (χ3n) is 2.77. The van der Waals surface area contributed by atoms with Crippen LogP contribution in [0.2, 0.25) is 0 Å². The minimum Gasteiger partial charge on any atom is -0.323 e. The van der Waals surface area contributed by atoms with Gasteiger partial charge in [-0.3, -0.25) is 4.90 Å². The zero-order chi connectivity index (χ0) is 11.2. The lowest BCUT2D eigenvalue weighted by Gasteiger charge is -2.26. The molecule has 3 nitrogen and oxygen atoms in total. The van der Waals surface area contributed by atoms with Crippen LogP contribution >= 0.6 is 11.8 Å². The first-order valence-corrected chi connectivity index (χ1v) is 6.67. The van der Waals surface area contributed by atoms with E-state index in [1.165, 1.54) is 30.2 Å². The molecule has 0 atom stereocenters. The van der Waals surface area contributed by atoms with Gasteiger partial charge in [-0.05, 0) is 11.1 Å². The van der Waals surface area contributed by atoms with Crippen LogP contribution in [0.15, 0.2) is 29.4 Å². The second-order valence-corrected chi connectivity index (χ2v) is 5.09. The number of hydrazone groups is 1. The Bertz CT molecular complexity index is 359. The van der Waals surface area contributed by atoms with Crippen LogP contribution < -0.4 is 5.84 Å². The van der Waals surface area contributed by atoms with E-state index >= 15 is 0 Å². The van der Waals surface area contributed by atoms with Crippen molar-refractivity contribution in [1.29, 1.82) is 0 Å². The summed E-state index contributed by atoms with van der Waals surface area (Å²) in [5.74, 6) is 7.70. The van der Waals surface area contributed by atoms with E-state index in [0.29, 0.717) is 0 Å². The minimum atomic E-state index is 1.00. The number of thioether (sulfide) groups is 1. The van der Waals surface area contributed by atoms with Crippen molar-refractivity contribution in [2.24, 2.45) is 10.9 Å². The van der Waals surface area contributed by atoms with Crippen LogP contribution in [-0.2, 0) is 6.54 Å². The Morgan fingerprint density at radius 2 is 2.06 bits per heavy atom. The summed E-state index contributed by atoms with van der Waals surface area (Å²) in [6.45, 7) is 3.36. The molecule has 0 amide bonds. The zero-order valence-corrected chi connectivity index (χ0v) is 10.1. The van der Waals surface area contributed by atoms with Crippen molar-refractivity contribution in [2.75, 3.05) is 24.6 Å². The second kappa shape index (κ2) is 5.92. The molecular weight excluding hydrogens is 218 g/mol. The molecule has 1 aromatic carbocycles. The van der Waals surface area contributed by atoms with Gasteiger partial charge < -0.3 is 5.84 Å². The fourth-order valence-corrected chi connectivity index (χ4v) is 2.86. The van der Waals surface area contributed by atoms with E-state index in [2.05, 4.69) is 28.2 Å². The van der Waals surface area contributed by atoms with Gasteiger partial charge in [-0.2, -0.15) is 16.9 Å². The first-order valence-electron chi connectivity index (χ1n) is 5.51. The Kier molecular flexibility index (Phi) is 4.25. The molecule has 0 bridgehead atoms. The van der Waals surface area contributed by atoms with Crippen LogP contribution in [0.5, 0.6) is 0 Å². The van der Waals surface area contributed by atoms with E-state index in [-0.39, 0.29) is 0 Å². The largest absolute Gasteiger partial charge is 0.323 e. The number of nitrogens with zero attached hydrogens (tertiary/aromatic N) is 2. The molecule has 0 unspecified atom stereocenters. The summed E-state index contributed by atoms with van der Waals surface area (Å²) in [5, 5.41) is 3.61. The smallest absolute Gasteiger partial charge is 0.0541 e. The van der Waals surface area contributed by atoms with Gasteiger partial charge in [0.15, 0.2) is 0 Å². The Morgan fingerprint density at radius 3 is 2.81 bits per heavy atom. The van der Waals surface area contributed by atoms with Crippen molar-refractivity contribution in [3.8, 4) is 0 Å². The highest BCUT2D eigenvalue weighted by atomic mass is 32.2. The maximum atomic E-state index is 5.22. The van der Waals surface area contributed by atoms with Gasteiger partial charge >= 0.3 is 0 Å². The first kappa shape index (κ1) is 11.5. The van der Waals surface area contributed by atoms with Crippen molar-refractivity contribution in [2.45, 2.75) is 6.54 Å². The van der Waals surface area contributed by atoms with Crippen LogP contribution in [0.1, 0.15) is 11.1 Å². The summed E-state index contributed by atoms with van der Waals surface area (Å²) in [7, 11) is 0. The molecule has 2 N–H and O–H groups in total. The van der Waals surface area contributed by atoms with E-state index in [9.17, 15) is 0 Å². The molecule has 86 valence electrons. The van der Waals surface area contributed by atoms with Crippen LogP contribution in [0, 0.1) is 0 Å². The summed E-state index contributed by atoms with van der Waals surface area (Å²) < 4.78 is 0. The maximum absolute atomic E-state index is 5.22. The Balaban J connectivity index is 2.07. The van der Waals surface area contributed by atoms with Crippen LogP contribution in [0.3, 0.4) is 0 Å². The highest BCUT2D eigenvalue weighted by Gasteiger charge is 2.11. The van der Waals surface area contributed by atoms with E-state index in [1.807, 2.05) is 17.8 Å². The predicted molar refractivity (Wildman–Crippen MR) is 70.8 cm³/mol. The van der Waals surface area contributed by atoms with Crippen LogP contribution in [-0.4, -0.2) is 35.7 Å². The van der Waals surface area contributed by atoms with Crippen molar-refractivity contribution in [1.82, 2.24) is 4.90 Å². The van der Waals surface area contributed by atoms with Gasteiger partial charge in [-0.15, -0.1) is 0 Å². The number of hydrogen-bond donors (Lipinski definition) is 1. The molecule has 1 aromatic rings.